The average molecular weight is 625 g/mol. The van der Waals surface area contributed by atoms with Crippen LogP contribution in [0.1, 0.15) is 42.9 Å². The maximum Gasteiger partial charge on any atom is 0.225 e. The van der Waals surface area contributed by atoms with Gasteiger partial charge in [0.15, 0.2) is 11.5 Å². The number of hydrogen-bond donors (Lipinski definition) is 2. The van der Waals surface area contributed by atoms with E-state index >= 15 is 4.39 Å². The van der Waals surface area contributed by atoms with Crippen LogP contribution in [0.3, 0.4) is 0 Å². The minimum absolute atomic E-state index is 0.173. The van der Waals surface area contributed by atoms with E-state index in [1.54, 1.807) is 13.3 Å². The molecule has 2 atom stereocenters. The third-order valence-electron chi connectivity index (χ3n) is 9.14. The smallest absolute Gasteiger partial charge is 0.225 e. The number of carbonyl (C=O) groups is 1. The number of piperidine rings is 1. The fraction of sp³-hybridized carbons (Fsp3) is 0.364. The number of carbonyl (C=O) groups excluding carboxylic acids is 1. The third kappa shape index (κ3) is 5.11. The van der Waals surface area contributed by atoms with E-state index in [0.717, 1.165) is 60.6 Å². The minimum Gasteiger partial charge on any atom is -0.480 e. The Kier molecular flexibility index (Phi) is 6.98. The van der Waals surface area contributed by atoms with E-state index in [1.807, 2.05) is 57.3 Å². The number of thiazole rings is 1. The normalized spacial score (nSPS) is 20.1. The second-order valence-electron chi connectivity index (χ2n) is 12.1. The Morgan fingerprint density at radius 3 is 2.69 bits per heavy atom. The number of ether oxygens (including phenoxy) is 1. The fourth-order valence-corrected chi connectivity index (χ4v) is 7.35. The number of amides is 1. The highest BCUT2D eigenvalue weighted by Gasteiger charge is 2.38. The van der Waals surface area contributed by atoms with Crippen molar-refractivity contribution in [2.45, 2.75) is 50.4 Å². The van der Waals surface area contributed by atoms with Crippen LogP contribution in [0.25, 0.3) is 38.9 Å². The number of methoxy groups -OCH3 is 1. The standard InChI is InChI=1S/C33H33FN8O2S/c1-44-27-17-45-32(40-27)26-9-8-25-31(39-26)42(30(38-25)23-3-2-12-36-29(23)35)21-6-7-22-19(15-21)16-24(34)28(22)37-20-10-13-41(14-11-20)33(43)18-4-5-18/h2-3,6-9,12,15,17-18,20,24,28,37H,4-5,10-11,13-14,16H2,1H3,(H2,35,36)/t24?,28-/m1/s1. The topological polar surface area (TPSA) is 124 Å². The number of likely N-dealkylation sites (tertiary alicyclic amines) is 1. The number of fused-ring (bicyclic) bond motifs is 2. The Morgan fingerprint density at radius 2 is 1.93 bits per heavy atom. The molecule has 1 aromatic carbocycles. The molecule has 4 aromatic heterocycles. The van der Waals surface area contributed by atoms with Gasteiger partial charge in [-0.2, -0.15) is 0 Å². The first-order chi connectivity index (χ1) is 22.0. The van der Waals surface area contributed by atoms with Gasteiger partial charge in [0.1, 0.15) is 28.2 Å². The summed E-state index contributed by atoms with van der Waals surface area (Å²) in [6.07, 6.45) is 4.64. The molecule has 2 aliphatic carbocycles. The van der Waals surface area contributed by atoms with Crippen molar-refractivity contribution in [1.29, 1.82) is 0 Å². The highest BCUT2D eigenvalue weighted by atomic mass is 32.1. The molecule has 1 amide bonds. The lowest BCUT2D eigenvalue weighted by atomic mass is 10.0. The summed E-state index contributed by atoms with van der Waals surface area (Å²) in [4.78, 5) is 33.2. The zero-order chi connectivity index (χ0) is 30.7. The van der Waals surface area contributed by atoms with Crippen LogP contribution in [0.2, 0.25) is 0 Å². The van der Waals surface area contributed by atoms with Crippen molar-refractivity contribution < 1.29 is 13.9 Å². The Morgan fingerprint density at radius 1 is 1.09 bits per heavy atom. The van der Waals surface area contributed by atoms with Crippen molar-refractivity contribution in [2.75, 3.05) is 25.9 Å². The van der Waals surface area contributed by atoms with E-state index in [1.165, 1.54) is 11.3 Å². The quantitative estimate of drug-likeness (QED) is 0.256. The summed E-state index contributed by atoms with van der Waals surface area (Å²) >= 11 is 1.45. The fourth-order valence-electron chi connectivity index (χ4n) is 6.62. The first-order valence-corrected chi connectivity index (χ1v) is 16.3. The Labute approximate surface area is 263 Å². The van der Waals surface area contributed by atoms with Gasteiger partial charge >= 0.3 is 0 Å². The van der Waals surface area contributed by atoms with Crippen molar-refractivity contribution in [3.05, 3.63) is 65.2 Å². The van der Waals surface area contributed by atoms with Crippen molar-refractivity contribution in [2.24, 2.45) is 5.92 Å². The summed E-state index contributed by atoms with van der Waals surface area (Å²) in [5.74, 6) is 2.03. The van der Waals surface area contributed by atoms with Crippen LogP contribution in [0.15, 0.2) is 54.0 Å². The number of pyridine rings is 2. The molecular weight excluding hydrogens is 591 g/mol. The largest absolute Gasteiger partial charge is 0.480 e. The first-order valence-electron chi connectivity index (χ1n) is 15.4. The van der Waals surface area contributed by atoms with E-state index in [0.29, 0.717) is 52.3 Å². The number of nitrogen functional groups attached to an aromatic ring is 1. The van der Waals surface area contributed by atoms with Crippen LogP contribution in [-0.2, 0) is 11.2 Å². The predicted molar refractivity (Wildman–Crippen MR) is 171 cm³/mol. The number of hydrogen-bond acceptors (Lipinski definition) is 9. The highest BCUT2D eigenvalue weighted by Crippen LogP contribution is 2.39. The number of anilines is 1. The molecule has 0 radical (unpaired) electrons. The van der Waals surface area contributed by atoms with E-state index in [-0.39, 0.29) is 18.0 Å². The van der Waals surface area contributed by atoms with Crippen molar-refractivity contribution in [3.8, 4) is 33.7 Å². The number of alkyl halides is 1. The SMILES string of the molecule is COc1csc(-c2ccc3nc(-c4cccnc4N)n(-c4ccc5c(c4)CC(F)[C@@H]5NC4CCN(C(=O)C5CC5)CC4)c3n2)n1. The third-order valence-corrected chi connectivity index (χ3v) is 9.98. The van der Waals surface area contributed by atoms with Crippen LogP contribution in [-0.4, -0.2) is 67.7 Å². The van der Waals surface area contributed by atoms with Crippen LogP contribution >= 0.6 is 11.3 Å². The van der Waals surface area contributed by atoms with Crippen LogP contribution < -0.4 is 15.8 Å². The lowest BCUT2D eigenvalue weighted by molar-refractivity contribution is -0.133. The van der Waals surface area contributed by atoms with Gasteiger partial charge in [-0.15, -0.1) is 11.3 Å². The molecule has 1 saturated carbocycles. The molecule has 8 rings (SSSR count). The summed E-state index contributed by atoms with van der Waals surface area (Å²) < 4.78 is 22.9. The maximum atomic E-state index is 15.7. The number of nitrogens with two attached hydrogens (primary N) is 1. The zero-order valence-corrected chi connectivity index (χ0v) is 25.6. The molecule has 230 valence electrons. The van der Waals surface area contributed by atoms with Gasteiger partial charge in [-0.25, -0.2) is 24.3 Å². The number of imidazole rings is 1. The number of aromatic nitrogens is 5. The van der Waals surface area contributed by atoms with Gasteiger partial charge in [0.05, 0.1) is 24.1 Å². The van der Waals surface area contributed by atoms with E-state index in [2.05, 4.69) is 15.3 Å². The summed E-state index contributed by atoms with van der Waals surface area (Å²) in [5.41, 5.74) is 11.8. The van der Waals surface area contributed by atoms with Gasteiger partial charge in [-0.05, 0) is 73.2 Å². The highest BCUT2D eigenvalue weighted by molar-refractivity contribution is 7.13. The second kappa shape index (κ2) is 11.2. The number of benzene rings is 1. The average Bonchev–Trinajstić information content (AvgIpc) is 3.55. The molecule has 45 heavy (non-hydrogen) atoms. The summed E-state index contributed by atoms with van der Waals surface area (Å²) in [6, 6.07) is 13.4. The molecule has 1 unspecified atom stereocenters. The molecule has 10 nitrogen and oxygen atoms in total. The molecule has 5 heterocycles. The number of nitrogens with zero attached hydrogens (tertiary/aromatic N) is 6. The summed E-state index contributed by atoms with van der Waals surface area (Å²) in [7, 11) is 1.59. The molecule has 5 aromatic rings. The van der Waals surface area contributed by atoms with Gasteiger partial charge in [0, 0.05) is 43.4 Å². The molecular formula is C33H33FN8O2S. The minimum atomic E-state index is -1.04. The molecule has 0 spiro atoms. The predicted octanol–water partition coefficient (Wildman–Crippen LogP) is 5.12. The van der Waals surface area contributed by atoms with Gasteiger partial charge in [-0.1, -0.05) is 6.07 Å². The van der Waals surface area contributed by atoms with E-state index in [4.69, 9.17) is 20.4 Å². The van der Waals surface area contributed by atoms with Gasteiger partial charge in [0.2, 0.25) is 11.8 Å². The molecule has 1 aliphatic heterocycles. The van der Waals surface area contributed by atoms with Crippen LogP contribution in [0.4, 0.5) is 10.2 Å². The number of rotatable bonds is 7. The van der Waals surface area contributed by atoms with Crippen molar-refractivity contribution >= 4 is 34.2 Å². The van der Waals surface area contributed by atoms with Gasteiger partial charge in [0.25, 0.3) is 0 Å². The molecule has 3 aliphatic rings. The van der Waals surface area contributed by atoms with Crippen LogP contribution in [0.5, 0.6) is 5.88 Å². The molecule has 1 saturated heterocycles. The zero-order valence-electron chi connectivity index (χ0n) is 24.8. The van der Waals surface area contributed by atoms with E-state index < -0.39 is 6.17 Å². The summed E-state index contributed by atoms with van der Waals surface area (Å²) in [5, 5.41) is 6.18. The molecule has 2 fully saturated rings. The lowest BCUT2D eigenvalue weighted by Gasteiger charge is -2.34. The monoisotopic (exact) mass is 624 g/mol. The Balaban J connectivity index is 1.13. The van der Waals surface area contributed by atoms with Gasteiger partial charge in [-0.3, -0.25) is 9.36 Å². The molecule has 12 heteroatoms. The van der Waals surface area contributed by atoms with E-state index in [9.17, 15) is 4.79 Å². The number of halogens is 1. The van der Waals surface area contributed by atoms with Crippen molar-refractivity contribution in [1.82, 2.24) is 34.7 Å². The lowest BCUT2D eigenvalue weighted by Crippen LogP contribution is -2.47. The van der Waals surface area contributed by atoms with Gasteiger partial charge < -0.3 is 20.7 Å². The second-order valence-corrected chi connectivity index (χ2v) is 12.9. The van der Waals surface area contributed by atoms with Crippen molar-refractivity contribution in [3.63, 3.8) is 0 Å². The molecule has 3 N–H and O–H groups in total. The first kappa shape index (κ1) is 28.1. The number of nitrogens with one attached hydrogen (secondary N) is 1. The van der Waals surface area contributed by atoms with Crippen LogP contribution in [0, 0.1) is 5.92 Å². The Bertz CT molecular complexity index is 1910. The Hall–Kier alpha value is -4.42. The maximum absolute atomic E-state index is 15.7. The molecule has 0 bridgehead atoms. The summed E-state index contributed by atoms with van der Waals surface area (Å²) in [6.45, 7) is 1.47.